The number of aromatic carboxylic acids is 1. The molecular formula is C14H15N3O4. The van der Waals surface area contributed by atoms with Gasteiger partial charge in [-0.3, -0.25) is 0 Å². The molecule has 2 rings (SSSR count). The van der Waals surface area contributed by atoms with Crippen LogP contribution in [0.5, 0.6) is 0 Å². The van der Waals surface area contributed by atoms with Gasteiger partial charge in [0.15, 0.2) is 0 Å². The van der Waals surface area contributed by atoms with Crippen LogP contribution in [-0.2, 0) is 6.54 Å². The van der Waals surface area contributed by atoms with Crippen LogP contribution in [0.3, 0.4) is 0 Å². The quantitative estimate of drug-likeness (QED) is 0.801. The summed E-state index contributed by atoms with van der Waals surface area (Å²) in [7, 11) is 0. The molecule has 21 heavy (non-hydrogen) atoms. The number of carboxylic acid groups (broad SMARTS) is 1. The number of hydrogen-bond acceptors (Lipinski definition) is 4. The highest BCUT2D eigenvalue weighted by atomic mass is 16.5. The largest absolute Gasteiger partial charge is 0.478 e. The SMILES string of the molecule is Cc1cc(NC(=O)NCc2ccon2)cc(C(=O)O)c1C. The number of rotatable bonds is 4. The van der Waals surface area contributed by atoms with Gasteiger partial charge in [0.25, 0.3) is 0 Å². The number of anilines is 1. The lowest BCUT2D eigenvalue weighted by molar-refractivity contribution is 0.0696. The number of carbonyl (C=O) groups is 2. The number of benzene rings is 1. The number of hydrogen-bond donors (Lipinski definition) is 3. The summed E-state index contributed by atoms with van der Waals surface area (Å²) in [5.41, 5.74) is 2.66. The lowest BCUT2D eigenvalue weighted by Crippen LogP contribution is -2.28. The molecule has 7 nitrogen and oxygen atoms in total. The van der Waals surface area contributed by atoms with E-state index in [9.17, 15) is 9.59 Å². The van der Waals surface area contributed by atoms with Gasteiger partial charge < -0.3 is 20.3 Å². The first-order valence-corrected chi connectivity index (χ1v) is 6.26. The number of carbonyl (C=O) groups excluding carboxylic acids is 1. The number of aromatic nitrogens is 1. The third kappa shape index (κ3) is 3.59. The number of urea groups is 1. The van der Waals surface area contributed by atoms with Crippen LogP contribution in [0.2, 0.25) is 0 Å². The monoisotopic (exact) mass is 289 g/mol. The predicted octanol–water partition coefficient (Wildman–Crippen LogP) is 2.31. The zero-order valence-corrected chi connectivity index (χ0v) is 11.6. The minimum atomic E-state index is -1.03. The molecule has 3 N–H and O–H groups in total. The molecule has 110 valence electrons. The molecule has 2 amide bonds. The second-order valence-electron chi connectivity index (χ2n) is 4.57. The van der Waals surface area contributed by atoms with E-state index < -0.39 is 12.0 Å². The van der Waals surface area contributed by atoms with E-state index in [0.717, 1.165) is 5.56 Å². The molecule has 1 aromatic heterocycles. The maximum Gasteiger partial charge on any atom is 0.336 e. The van der Waals surface area contributed by atoms with Gasteiger partial charge in [-0.05, 0) is 37.1 Å². The van der Waals surface area contributed by atoms with Crippen LogP contribution >= 0.6 is 0 Å². The molecule has 1 aromatic carbocycles. The van der Waals surface area contributed by atoms with Crippen molar-refractivity contribution in [2.24, 2.45) is 0 Å². The lowest BCUT2D eigenvalue weighted by atomic mass is 10.0. The van der Waals surface area contributed by atoms with Crippen LogP contribution in [0.15, 0.2) is 29.0 Å². The molecule has 0 fully saturated rings. The number of nitrogens with zero attached hydrogens (tertiary/aromatic N) is 1. The second-order valence-corrected chi connectivity index (χ2v) is 4.57. The standard InChI is InChI=1S/C14H15N3O4/c1-8-5-11(6-12(9(8)2)13(18)19)16-14(20)15-7-10-3-4-21-17-10/h3-6H,7H2,1-2H3,(H,18,19)(H2,15,16,20). The summed E-state index contributed by atoms with van der Waals surface area (Å²) >= 11 is 0. The number of carboxylic acids is 1. The zero-order valence-electron chi connectivity index (χ0n) is 11.6. The fraction of sp³-hybridized carbons (Fsp3) is 0.214. The fourth-order valence-electron chi connectivity index (χ4n) is 1.83. The Morgan fingerprint density at radius 1 is 1.33 bits per heavy atom. The van der Waals surface area contributed by atoms with Crippen molar-refractivity contribution in [3.05, 3.63) is 46.8 Å². The molecule has 0 saturated carbocycles. The molecule has 0 bridgehead atoms. The first-order chi connectivity index (χ1) is 9.97. The third-order valence-corrected chi connectivity index (χ3v) is 3.08. The van der Waals surface area contributed by atoms with Crippen LogP contribution in [0, 0.1) is 13.8 Å². The molecular weight excluding hydrogens is 274 g/mol. The fourth-order valence-corrected chi connectivity index (χ4v) is 1.83. The Bertz CT molecular complexity index is 665. The number of aryl methyl sites for hydroxylation is 1. The number of nitrogens with one attached hydrogen (secondary N) is 2. The van der Waals surface area contributed by atoms with Crippen LogP contribution in [0.4, 0.5) is 10.5 Å². The summed E-state index contributed by atoms with van der Waals surface area (Å²) in [6.07, 6.45) is 1.41. The molecule has 0 unspecified atom stereocenters. The molecule has 0 spiro atoms. The van der Waals surface area contributed by atoms with Crippen LogP contribution in [0.1, 0.15) is 27.2 Å². The molecule has 0 saturated heterocycles. The highest BCUT2D eigenvalue weighted by Gasteiger charge is 2.12. The maximum atomic E-state index is 11.8. The van der Waals surface area contributed by atoms with Gasteiger partial charge >= 0.3 is 12.0 Å². The third-order valence-electron chi connectivity index (χ3n) is 3.08. The minimum Gasteiger partial charge on any atom is -0.478 e. The van der Waals surface area contributed by atoms with Crippen molar-refractivity contribution >= 4 is 17.7 Å². The van der Waals surface area contributed by atoms with Gasteiger partial charge in [0.05, 0.1) is 12.1 Å². The van der Waals surface area contributed by atoms with Crippen LogP contribution < -0.4 is 10.6 Å². The minimum absolute atomic E-state index is 0.168. The number of amides is 2. The van der Waals surface area contributed by atoms with E-state index in [2.05, 4.69) is 20.3 Å². The van der Waals surface area contributed by atoms with Crippen molar-refractivity contribution in [1.82, 2.24) is 10.5 Å². The summed E-state index contributed by atoms with van der Waals surface area (Å²) in [5, 5.41) is 18.0. The first kappa shape index (κ1) is 14.6. The zero-order chi connectivity index (χ0) is 15.4. The van der Waals surface area contributed by atoms with E-state index in [-0.39, 0.29) is 12.1 Å². The summed E-state index contributed by atoms with van der Waals surface area (Å²) < 4.78 is 4.65. The molecule has 0 radical (unpaired) electrons. The molecule has 2 aromatic rings. The van der Waals surface area contributed by atoms with E-state index in [1.807, 2.05) is 0 Å². The smallest absolute Gasteiger partial charge is 0.336 e. The second kappa shape index (κ2) is 6.08. The van der Waals surface area contributed by atoms with E-state index in [1.54, 1.807) is 26.0 Å². The van der Waals surface area contributed by atoms with E-state index in [0.29, 0.717) is 16.9 Å². The molecule has 7 heteroatoms. The van der Waals surface area contributed by atoms with Crippen LogP contribution in [0.25, 0.3) is 0 Å². The summed E-state index contributed by atoms with van der Waals surface area (Å²) in [6, 6.07) is 4.34. The van der Waals surface area contributed by atoms with Crippen molar-refractivity contribution in [2.75, 3.05) is 5.32 Å². The highest BCUT2D eigenvalue weighted by molar-refractivity contribution is 5.94. The molecule has 0 atom stereocenters. The van der Waals surface area contributed by atoms with E-state index >= 15 is 0 Å². The Hall–Kier alpha value is -2.83. The predicted molar refractivity (Wildman–Crippen MR) is 75.2 cm³/mol. The Labute approximate surface area is 120 Å². The van der Waals surface area contributed by atoms with Crippen molar-refractivity contribution in [1.29, 1.82) is 0 Å². The summed E-state index contributed by atoms with van der Waals surface area (Å²) in [6.45, 7) is 3.74. The molecule has 0 aliphatic rings. The summed E-state index contributed by atoms with van der Waals surface area (Å²) in [5.74, 6) is -1.03. The van der Waals surface area contributed by atoms with Crippen molar-refractivity contribution in [2.45, 2.75) is 20.4 Å². The Kier molecular flexibility index (Phi) is 4.22. The maximum absolute atomic E-state index is 11.8. The Balaban J connectivity index is 2.05. The van der Waals surface area contributed by atoms with Crippen molar-refractivity contribution in [3.63, 3.8) is 0 Å². The molecule has 0 aliphatic heterocycles. The van der Waals surface area contributed by atoms with Gasteiger partial charge in [-0.25, -0.2) is 9.59 Å². The van der Waals surface area contributed by atoms with Gasteiger partial charge in [-0.2, -0.15) is 0 Å². The first-order valence-electron chi connectivity index (χ1n) is 6.26. The Morgan fingerprint density at radius 3 is 2.71 bits per heavy atom. The van der Waals surface area contributed by atoms with Gasteiger partial charge in [-0.15, -0.1) is 0 Å². The molecule has 1 heterocycles. The van der Waals surface area contributed by atoms with Gasteiger partial charge in [0.1, 0.15) is 12.0 Å². The van der Waals surface area contributed by atoms with Gasteiger partial charge in [0, 0.05) is 11.8 Å². The highest BCUT2D eigenvalue weighted by Crippen LogP contribution is 2.20. The van der Waals surface area contributed by atoms with Gasteiger partial charge in [-0.1, -0.05) is 5.16 Å². The average molecular weight is 289 g/mol. The normalized spacial score (nSPS) is 10.2. The van der Waals surface area contributed by atoms with E-state index in [1.165, 1.54) is 12.3 Å². The summed E-state index contributed by atoms with van der Waals surface area (Å²) in [4.78, 5) is 22.9. The Morgan fingerprint density at radius 2 is 2.10 bits per heavy atom. The lowest BCUT2D eigenvalue weighted by Gasteiger charge is -2.11. The topological polar surface area (TPSA) is 104 Å². The average Bonchev–Trinajstić information content (AvgIpc) is 2.93. The van der Waals surface area contributed by atoms with Crippen molar-refractivity contribution in [3.8, 4) is 0 Å². The molecule has 0 aliphatic carbocycles. The van der Waals surface area contributed by atoms with E-state index in [4.69, 9.17) is 5.11 Å². The van der Waals surface area contributed by atoms with Crippen molar-refractivity contribution < 1.29 is 19.2 Å². The van der Waals surface area contributed by atoms with Crippen LogP contribution in [-0.4, -0.2) is 22.3 Å². The van der Waals surface area contributed by atoms with Gasteiger partial charge in [0.2, 0.25) is 0 Å².